The zero-order chi connectivity index (χ0) is 29.0. The Bertz CT molecular complexity index is 988. The molecule has 0 radical (unpaired) electrons. The lowest BCUT2D eigenvalue weighted by molar-refractivity contribution is -0.187. The van der Waals surface area contributed by atoms with Crippen molar-refractivity contribution in [1.82, 2.24) is 0 Å². The first kappa shape index (κ1) is 32.0. The van der Waals surface area contributed by atoms with E-state index < -0.39 is 72.4 Å². The number of aliphatic hydroxyl groups excluding tert-OH is 1. The molecule has 210 valence electrons. The molecule has 0 fully saturated rings. The molecule has 6 atom stereocenters. The highest BCUT2D eigenvalue weighted by molar-refractivity contribution is 5.86. The van der Waals surface area contributed by atoms with Crippen molar-refractivity contribution >= 4 is 35.8 Å². The van der Waals surface area contributed by atoms with E-state index in [0.717, 1.165) is 26.3 Å². The zero-order valence-corrected chi connectivity index (χ0v) is 21.9. The number of hydrogen-bond donors (Lipinski definition) is 1. The molecule has 13 nitrogen and oxygen atoms in total. The largest absolute Gasteiger partial charge is 0.458 e. The van der Waals surface area contributed by atoms with Gasteiger partial charge in [0.25, 0.3) is 0 Å². The van der Waals surface area contributed by atoms with Gasteiger partial charge in [0.1, 0.15) is 12.7 Å². The molecule has 0 heterocycles. The molecule has 0 saturated carbocycles. The van der Waals surface area contributed by atoms with Crippen LogP contribution in [0.5, 0.6) is 0 Å². The minimum Gasteiger partial charge on any atom is -0.458 e. The summed E-state index contributed by atoms with van der Waals surface area (Å²) in [5, 5.41) is 9.10. The fourth-order valence-electron chi connectivity index (χ4n) is 2.44. The second-order valence-corrected chi connectivity index (χ2v) is 8.16. The third-order valence-electron chi connectivity index (χ3n) is 4.69. The topological polar surface area (TPSA) is 178 Å². The van der Waals surface area contributed by atoms with Crippen molar-refractivity contribution in [3.05, 3.63) is 35.9 Å². The third kappa shape index (κ3) is 10.9. The quantitative estimate of drug-likeness (QED) is 0.274. The lowest BCUT2D eigenvalue weighted by Gasteiger charge is -2.20. The summed E-state index contributed by atoms with van der Waals surface area (Å²) in [5.41, 5.74) is 0.739. The molecule has 0 bridgehead atoms. The van der Waals surface area contributed by atoms with Gasteiger partial charge in [0.15, 0.2) is 30.5 Å². The van der Waals surface area contributed by atoms with Crippen LogP contribution in [0.25, 0.3) is 0 Å². The molecule has 1 N–H and O–H groups in total. The first-order valence-electron chi connectivity index (χ1n) is 11.6. The number of carbonyl (C=O) groups is 6. The molecule has 0 amide bonds. The molecule has 13 heteroatoms. The van der Waals surface area contributed by atoms with Crippen LogP contribution in [0.15, 0.2) is 30.3 Å². The Kier molecular flexibility index (Phi) is 12.9. The first-order chi connectivity index (χ1) is 17.7. The van der Waals surface area contributed by atoms with Gasteiger partial charge in [-0.2, -0.15) is 0 Å². The van der Waals surface area contributed by atoms with Gasteiger partial charge in [0.05, 0.1) is 0 Å². The predicted molar refractivity (Wildman–Crippen MR) is 126 cm³/mol. The molecule has 0 saturated heterocycles. The maximum absolute atomic E-state index is 12.2. The van der Waals surface area contributed by atoms with Crippen LogP contribution >= 0.6 is 0 Å². The van der Waals surface area contributed by atoms with E-state index in [2.05, 4.69) is 4.74 Å². The van der Waals surface area contributed by atoms with Crippen LogP contribution in [-0.4, -0.2) is 77.5 Å². The summed E-state index contributed by atoms with van der Waals surface area (Å²) in [7, 11) is 0. The molecular formula is C25H32O13. The Balaban J connectivity index is 2.48. The van der Waals surface area contributed by atoms with Gasteiger partial charge < -0.3 is 33.5 Å². The van der Waals surface area contributed by atoms with Gasteiger partial charge in [-0.1, -0.05) is 30.3 Å². The smallest absolute Gasteiger partial charge is 0.347 e. The van der Waals surface area contributed by atoms with Crippen molar-refractivity contribution in [2.75, 3.05) is 0 Å². The Morgan fingerprint density at radius 2 is 0.868 bits per heavy atom. The van der Waals surface area contributed by atoms with Crippen molar-refractivity contribution in [3.63, 3.8) is 0 Å². The maximum Gasteiger partial charge on any atom is 0.347 e. The standard InChI is InChI=1S/C25H32O13/c1-13(26)20(27)34-15(3)22(29)36-17(5)24(31)38-18(6)25(32)37-16(4)23(30)35-14(2)21(28)33-12-19-10-8-7-9-11-19/h7-11,13-18,26H,12H2,1-6H3/t13-,14+,15+,16+,17+,18+/m0/s1. The molecule has 0 aromatic heterocycles. The first-order valence-corrected chi connectivity index (χ1v) is 11.6. The Morgan fingerprint density at radius 1 is 0.553 bits per heavy atom. The second kappa shape index (κ2) is 15.3. The van der Waals surface area contributed by atoms with Crippen molar-refractivity contribution < 1.29 is 62.3 Å². The Labute approximate surface area is 219 Å². The van der Waals surface area contributed by atoms with E-state index in [1.165, 1.54) is 20.8 Å². The van der Waals surface area contributed by atoms with Gasteiger partial charge in [-0.3, -0.25) is 0 Å². The minimum atomic E-state index is -1.50. The Morgan fingerprint density at radius 3 is 1.21 bits per heavy atom. The summed E-state index contributed by atoms with van der Waals surface area (Å²) in [6, 6.07) is 8.85. The summed E-state index contributed by atoms with van der Waals surface area (Å²) < 4.78 is 29.3. The lowest BCUT2D eigenvalue weighted by atomic mass is 10.2. The van der Waals surface area contributed by atoms with Crippen LogP contribution in [0.3, 0.4) is 0 Å². The highest BCUT2D eigenvalue weighted by Crippen LogP contribution is 2.09. The number of rotatable bonds is 13. The van der Waals surface area contributed by atoms with Crippen molar-refractivity contribution in [1.29, 1.82) is 0 Å². The van der Waals surface area contributed by atoms with E-state index in [1.807, 2.05) is 0 Å². The minimum absolute atomic E-state index is 0.0192. The fourth-order valence-corrected chi connectivity index (χ4v) is 2.44. The SMILES string of the molecule is C[C@H](O)C(=O)O[C@H](C)C(=O)O[C@H](C)C(=O)O[C@H](C)C(=O)O[C@H](C)C(=O)O[C@H](C)C(=O)OCc1ccccc1. The number of benzene rings is 1. The monoisotopic (exact) mass is 540 g/mol. The number of aliphatic hydroxyl groups is 1. The van der Waals surface area contributed by atoms with E-state index in [4.69, 9.17) is 28.8 Å². The van der Waals surface area contributed by atoms with Gasteiger partial charge in [-0.05, 0) is 47.1 Å². The van der Waals surface area contributed by atoms with Gasteiger partial charge in [-0.25, -0.2) is 28.8 Å². The van der Waals surface area contributed by atoms with Crippen LogP contribution in [0, 0.1) is 0 Å². The summed E-state index contributed by atoms with van der Waals surface area (Å²) in [6.07, 6.45) is -8.60. The fraction of sp³-hybridized carbons (Fsp3) is 0.520. The van der Waals surface area contributed by atoms with E-state index >= 15 is 0 Å². The molecule has 0 aliphatic rings. The van der Waals surface area contributed by atoms with Crippen molar-refractivity contribution in [3.8, 4) is 0 Å². The van der Waals surface area contributed by atoms with E-state index in [-0.39, 0.29) is 6.61 Å². The number of hydrogen-bond acceptors (Lipinski definition) is 13. The summed E-state index contributed by atoms with van der Waals surface area (Å²) >= 11 is 0. The predicted octanol–water partition coefficient (Wildman–Crippen LogP) is 0.769. The van der Waals surface area contributed by atoms with Crippen LogP contribution < -0.4 is 0 Å². The number of ether oxygens (including phenoxy) is 6. The highest BCUT2D eigenvalue weighted by atomic mass is 16.6. The van der Waals surface area contributed by atoms with Crippen LogP contribution in [0.4, 0.5) is 0 Å². The molecule has 1 aromatic rings. The molecular weight excluding hydrogens is 508 g/mol. The van der Waals surface area contributed by atoms with Crippen molar-refractivity contribution in [2.24, 2.45) is 0 Å². The normalized spacial score (nSPS) is 15.3. The van der Waals surface area contributed by atoms with Crippen molar-refractivity contribution in [2.45, 2.75) is 84.8 Å². The zero-order valence-electron chi connectivity index (χ0n) is 21.9. The van der Waals surface area contributed by atoms with Gasteiger partial charge in [0.2, 0.25) is 0 Å². The molecule has 0 aliphatic carbocycles. The lowest BCUT2D eigenvalue weighted by Crippen LogP contribution is -2.38. The van der Waals surface area contributed by atoms with E-state index in [1.54, 1.807) is 30.3 Å². The number of esters is 6. The van der Waals surface area contributed by atoms with Gasteiger partial charge in [-0.15, -0.1) is 0 Å². The molecule has 0 aliphatic heterocycles. The summed E-state index contributed by atoms with van der Waals surface area (Å²) in [4.78, 5) is 71.9. The molecule has 1 rings (SSSR count). The maximum atomic E-state index is 12.2. The average molecular weight is 541 g/mol. The average Bonchev–Trinajstić information content (AvgIpc) is 2.87. The summed E-state index contributed by atoms with van der Waals surface area (Å²) in [6.45, 7) is 7.09. The Hall–Kier alpha value is -4.00. The second-order valence-electron chi connectivity index (χ2n) is 8.16. The number of carbonyl (C=O) groups excluding carboxylic acids is 6. The molecule has 0 unspecified atom stereocenters. The van der Waals surface area contributed by atoms with E-state index in [0.29, 0.717) is 0 Å². The van der Waals surface area contributed by atoms with E-state index in [9.17, 15) is 28.8 Å². The highest BCUT2D eigenvalue weighted by Gasteiger charge is 2.31. The van der Waals surface area contributed by atoms with Gasteiger partial charge in [0, 0.05) is 0 Å². The molecule has 0 spiro atoms. The molecule has 1 aromatic carbocycles. The van der Waals surface area contributed by atoms with Crippen LogP contribution in [0.1, 0.15) is 47.1 Å². The summed E-state index contributed by atoms with van der Waals surface area (Å²) in [5.74, 6) is -6.23. The molecule has 38 heavy (non-hydrogen) atoms. The third-order valence-corrected chi connectivity index (χ3v) is 4.69. The van der Waals surface area contributed by atoms with Crippen LogP contribution in [0.2, 0.25) is 0 Å². The van der Waals surface area contributed by atoms with Crippen LogP contribution in [-0.2, 0) is 63.8 Å². The van der Waals surface area contributed by atoms with Gasteiger partial charge >= 0.3 is 35.8 Å².